The first kappa shape index (κ1) is 13.0. The molecule has 2 saturated heterocycles. The number of ether oxygens (including phenoxy) is 1. The van der Waals surface area contributed by atoms with Gasteiger partial charge in [-0.15, -0.1) is 0 Å². The van der Waals surface area contributed by atoms with Gasteiger partial charge < -0.3 is 14.4 Å². The predicted molar refractivity (Wildman–Crippen MR) is 70.7 cm³/mol. The zero-order chi connectivity index (χ0) is 13.4. The van der Waals surface area contributed by atoms with Crippen LogP contribution in [0.3, 0.4) is 0 Å². The van der Waals surface area contributed by atoms with Gasteiger partial charge in [0.05, 0.1) is 24.3 Å². The fraction of sp³-hybridized carbons (Fsp3) is 0.615. The molecule has 0 amide bonds. The lowest BCUT2D eigenvalue weighted by atomic mass is 10.2. The van der Waals surface area contributed by atoms with E-state index in [1.807, 2.05) is 0 Å². The smallest absolute Gasteiger partial charge is 0.352 e. The highest BCUT2D eigenvalue weighted by Crippen LogP contribution is 2.24. The molecule has 104 valence electrons. The van der Waals surface area contributed by atoms with E-state index in [-0.39, 0.29) is 11.8 Å². The Morgan fingerprint density at radius 2 is 2.42 bits per heavy atom. The lowest BCUT2D eigenvalue weighted by molar-refractivity contribution is -0.0553. The highest BCUT2D eigenvalue weighted by molar-refractivity contribution is 6.30. The molecule has 0 aliphatic carbocycles. The minimum Gasteiger partial charge on any atom is -0.477 e. The van der Waals surface area contributed by atoms with Gasteiger partial charge in [0.2, 0.25) is 0 Å². The Morgan fingerprint density at radius 3 is 3.21 bits per heavy atom. The molecule has 1 N–H and O–H groups in total. The summed E-state index contributed by atoms with van der Waals surface area (Å²) in [4.78, 5) is 13.6. The highest BCUT2D eigenvalue weighted by Gasteiger charge is 2.32. The summed E-state index contributed by atoms with van der Waals surface area (Å²) in [6.45, 7) is 3.29. The fourth-order valence-electron chi connectivity index (χ4n) is 3.02. The summed E-state index contributed by atoms with van der Waals surface area (Å²) >= 11 is 5.88. The van der Waals surface area contributed by atoms with Crippen molar-refractivity contribution in [1.29, 1.82) is 0 Å². The van der Waals surface area contributed by atoms with Gasteiger partial charge in [-0.05, 0) is 25.5 Å². The number of carboxylic acids is 1. The summed E-state index contributed by atoms with van der Waals surface area (Å²) in [6.07, 6.45) is 4.14. The van der Waals surface area contributed by atoms with Crippen LogP contribution in [-0.2, 0) is 11.3 Å². The maximum Gasteiger partial charge on any atom is 0.352 e. The molecule has 5 nitrogen and oxygen atoms in total. The van der Waals surface area contributed by atoms with Crippen molar-refractivity contribution in [2.75, 3.05) is 19.7 Å². The Labute approximate surface area is 116 Å². The number of halogens is 1. The summed E-state index contributed by atoms with van der Waals surface area (Å²) in [5.41, 5.74) is 0.220. The van der Waals surface area contributed by atoms with Crippen LogP contribution < -0.4 is 0 Å². The van der Waals surface area contributed by atoms with Crippen LogP contribution >= 0.6 is 11.6 Å². The Balaban J connectivity index is 1.70. The maximum atomic E-state index is 11.1. The Morgan fingerprint density at radius 1 is 1.58 bits per heavy atom. The third-order valence-corrected chi connectivity index (χ3v) is 4.15. The van der Waals surface area contributed by atoms with E-state index >= 15 is 0 Å². The van der Waals surface area contributed by atoms with E-state index in [1.54, 1.807) is 10.8 Å². The highest BCUT2D eigenvalue weighted by atomic mass is 35.5. The summed E-state index contributed by atoms with van der Waals surface area (Å²) in [5, 5.41) is 9.58. The molecule has 3 heterocycles. The van der Waals surface area contributed by atoms with Gasteiger partial charge in [0.15, 0.2) is 0 Å². The number of carbonyl (C=O) groups is 1. The molecule has 0 saturated carbocycles. The number of rotatable bonds is 3. The van der Waals surface area contributed by atoms with E-state index < -0.39 is 5.97 Å². The van der Waals surface area contributed by atoms with Crippen LogP contribution in [0.4, 0.5) is 0 Å². The standard InChI is InChI=1S/C13H17ClN2O3/c14-9-4-12(13(17)18)16(5-9)7-11-6-15-3-1-2-10(15)8-19-11/h4-5,10-11H,1-3,6-8H2,(H,17,18). The Hall–Kier alpha value is -1.04. The van der Waals surface area contributed by atoms with Gasteiger partial charge in [-0.3, -0.25) is 4.90 Å². The summed E-state index contributed by atoms with van der Waals surface area (Å²) in [7, 11) is 0. The third kappa shape index (κ3) is 2.63. The van der Waals surface area contributed by atoms with Crippen LogP contribution in [0.2, 0.25) is 5.02 Å². The normalized spacial score (nSPS) is 27.4. The molecule has 2 atom stereocenters. The topological polar surface area (TPSA) is 54.7 Å². The molecule has 2 unspecified atom stereocenters. The lowest BCUT2D eigenvalue weighted by Crippen LogP contribution is -2.47. The molecule has 1 aromatic rings. The van der Waals surface area contributed by atoms with Gasteiger partial charge in [-0.1, -0.05) is 11.6 Å². The van der Waals surface area contributed by atoms with Gasteiger partial charge in [0.25, 0.3) is 0 Å². The van der Waals surface area contributed by atoms with Gasteiger partial charge in [0.1, 0.15) is 5.69 Å². The minimum atomic E-state index is -0.957. The van der Waals surface area contributed by atoms with E-state index in [9.17, 15) is 4.79 Å². The zero-order valence-corrected chi connectivity index (χ0v) is 11.3. The molecule has 2 fully saturated rings. The van der Waals surface area contributed by atoms with Gasteiger partial charge >= 0.3 is 5.97 Å². The molecule has 2 aliphatic heterocycles. The number of morpholine rings is 1. The number of hydrogen-bond donors (Lipinski definition) is 1. The first-order chi connectivity index (χ1) is 9.13. The first-order valence-corrected chi connectivity index (χ1v) is 6.96. The monoisotopic (exact) mass is 284 g/mol. The molecule has 19 heavy (non-hydrogen) atoms. The largest absolute Gasteiger partial charge is 0.477 e. The van der Waals surface area contributed by atoms with Crippen molar-refractivity contribution in [2.45, 2.75) is 31.5 Å². The number of nitrogens with zero attached hydrogens (tertiary/aromatic N) is 2. The zero-order valence-electron chi connectivity index (χ0n) is 10.6. The van der Waals surface area contributed by atoms with Crippen molar-refractivity contribution in [1.82, 2.24) is 9.47 Å². The average Bonchev–Trinajstić information content (AvgIpc) is 2.95. The average molecular weight is 285 g/mol. The van der Waals surface area contributed by atoms with Crippen LogP contribution in [-0.4, -0.2) is 52.4 Å². The van der Waals surface area contributed by atoms with Gasteiger partial charge in [0, 0.05) is 18.8 Å². The number of hydrogen-bond acceptors (Lipinski definition) is 3. The number of carboxylic acid groups (broad SMARTS) is 1. The second kappa shape index (κ2) is 5.15. The molecule has 0 aromatic carbocycles. The molecule has 0 radical (unpaired) electrons. The molecule has 1 aromatic heterocycles. The van der Waals surface area contributed by atoms with Crippen molar-refractivity contribution in [3.05, 3.63) is 23.0 Å². The maximum absolute atomic E-state index is 11.1. The molecule has 6 heteroatoms. The lowest BCUT2D eigenvalue weighted by Gasteiger charge is -2.35. The number of aromatic nitrogens is 1. The quantitative estimate of drug-likeness (QED) is 0.918. The first-order valence-electron chi connectivity index (χ1n) is 6.58. The minimum absolute atomic E-state index is 0.0379. The van der Waals surface area contributed by atoms with Crippen molar-refractivity contribution in [2.24, 2.45) is 0 Å². The van der Waals surface area contributed by atoms with Crippen LogP contribution in [0, 0.1) is 0 Å². The molecule has 3 rings (SSSR count). The van der Waals surface area contributed by atoms with Crippen LogP contribution in [0.5, 0.6) is 0 Å². The fourth-order valence-corrected chi connectivity index (χ4v) is 3.24. The Kier molecular flexibility index (Phi) is 3.52. The van der Waals surface area contributed by atoms with E-state index in [4.69, 9.17) is 21.4 Å². The molecule has 0 bridgehead atoms. The summed E-state index contributed by atoms with van der Waals surface area (Å²) < 4.78 is 7.51. The third-order valence-electron chi connectivity index (χ3n) is 3.94. The van der Waals surface area contributed by atoms with Crippen molar-refractivity contribution in [3.8, 4) is 0 Å². The van der Waals surface area contributed by atoms with Crippen LogP contribution in [0.15, 0.2) is 12.3 Å². The molecular formula is C13H17ClN2O3. The SMILES string of the molecule is O=C(O)c1cc(Cl)cn1CC1CN2CCCC2CO1. The number of fused-ring (bicyclic) bond motifs is 1. The van der Waals surface area contributed by atoms with Crippen LogP contribution in [0.25, 0.3) is 0 Å². The summed E-state index contributed by atoms with van der Waals surface area (Å²) in [6, 6.07) is 2.04. The van der Waals surface area contributed by atoms with E-state index in [0.29, 0.717) is 17.6 Å². The molecule has 2 aliphatic rings. The Bertz CT molecular complexity index is 488. The van der Waals surface area contributed by atoms with Gasteiger partial charge in [-0.2, -0.15) is 0 Å². The summed E-state index contributed by atoms with van der Waals surface area (Å²) in [5.74, 6) is -0.957. The number of aromatic carboxylic acids is 1. The van der Waals surface area contributed by atoms with Crippen molar-refractivity contribution >= 4 is 17.6 Å². The van der Waals surface area contributed by atoms with E-state index in [2.05, 4.69) is 4.90 Å². The molecule has 0 spiro atoms. The van der Waals surface area contributed by atoms with Crippen molar-refractivity contribution < 1.29 is 14.6 Å². The second-order valence-electron chi connectivity index (χ2n) is 5.25. The molecular weight excluding hydrogens is 268 g/mol. The van der Waals surface area contributed by atoms with Crippen molar-refractivity contribution in [3.63, 3.8) is 0 Å². The van der Waals surface area contributed by atoms with Crippen LogP contribution in [0.1, 0.15) is 23.3 Å². The second-order valence-corrected chi connectivity index (χ2v) is 5.68. The van der Waals surface area contributed by atoms with E-state index in [1.165, 1.54) is 18.9 Å². The van der Waals surface area contributed by atoms with Gasteiger partial charge in [-0.25, -0.2) is 4.79 Å². The van der Waals surface area contributed by atoms with E-state index in [0.717, 1.165) is 19.7 Å². The predicted octanol–water partition coefficient (Wildman–Crippen LogP) is 1.70.